The molecule has 0 saturated heterocycles. The van der Waals surface area contributed by atoms with Gasteiger partial charge in [0.15, 0.2) is 0 Å². The molecule has 86 valence electrons. The first-order chi connectivity index (χ1) is 7.37. The van der Waals surface area contributed by atoms with Crippen molar-refractivity contribution in [1.82, 2.24) is 4.52 Å². The lowest BCUT2D eigenvalue weighted by atomic mass is 10.4. The standard InChI is InChI=1S/C6H5N3O6S/c10-8(11)7(9(12)13)16(14,15)6-4-2-1-3-5-6/h1-5H. The van der Waals surface area contributed by atoms with E-state index in [9.17, 15) is 28.6 Å². The summed E-state index contributed by atoms with van der Waals surface area (Å²) in [4.78, 5) is 20.0. The monoisotopic (exact) mass is 247 g/mol. The van der Waals surface area contributed by atoms with Gasteiger partial charge in [0.2, 0.25) is 10.1 Å². The van der Waals surface area contributed by atoms with Gasteiger partial charge < -0.3 is 0 Å². The molecule has 16 heavy (non-hydrogen) atoms. The molecule has 1 aromatic carbocycles. The maximum absolute atomic E-state index is 11.5. The van der Waals surface area contributed by atoms with Crippen LogP contribution in [0.15, 0.2) is 35.2 Å². The van der Waals surface area contributed by atoms with Crippen LogP contribution in [0.3, 0.4) is 0 Å². The van der Waals surface area contributed by atoms with Crippen molar-refractivity contribution in [2.24, 2.45) is 0 Å². The molecule has 0 aliphatic carbocycles. The van der Waals surface area contributed by atoms with Gasteiger partial charge in [-0.25, -0.2) is 20.2 Å². The third kappa shape index (κ3) is 2.06. The molecule has 1 aromatic rings. The number of nitro groups is 2. The number of hydrogen-bond acceptors (Lipinski definition) is 6. The molecule has 0 atom stereocenters. The van der Waals surface area contributed by atoms with E-state index in [1.165, 1.54) is 18.2 Å². The Morgan fingerprint density at radius 3 is 1.81 bits per heavy atom. The highest BCUT2D eigenvalue weighted by atomic mass is 32.2. The molecule has 0 unspecified atom stereocenters. The fourth-order valence-corrected chi connectivity index (χ4v) is 1.96. The topological polar surface area (TPSA) is 124 Å². The molecule has 10 heteroatoms. The lowest BCUT2D eigenvalue weighted by Crippen LogP contribution is -2.40. The van der Waals surface area contributed by atoms with E-state index < -0.39 is 29.5 Å². The Morgan fingerprint density at radius 2 is 1.44 bits per heavy atom. The third-order valence-electron chi connectivity index (χ3n) is 1.54. The van der Waals surface area contributed by atoms with Crippen LogP contribution in [0.2, 0.25) is 0 Å². The molecule has 0 aromatic heterocycles. The lowest BCUT2D eigenvalue weighted by Gasteiger charge is -2.03. The van der Waals surface area contributed by atoms with Crippen molar-refractivity contribution in [3.63, 3.8) is 0 Å². The van der Waals surface area contributed by atoms with Crippen LogP contribution in [0.4, 0.5) is 0 Å². The number of nitrogens with zero attached hydrogens (tertiary/aromatic N) is 3. The van der Waals surface area contributed by atoms with E-state index in [4.69, 9.17) is 0 Å². The molecular weight excluding hydrogens is 242 g/mol. The van der Waals surface area contributed by atoms with Gasteiger partial charge in [-0.15, -0.1) is 0 Å². The summed E-state index contributed by atoms with van der Waals surface area (Å²) in [5, 5.41) is 17.3. The second kappa shape index (κ2) is 4.10. The molecule has 1 rings (SSSR count). The maximum Gasteiger partial charge on any atom is 0.380 e. The molecule has 0 aliphatic rings. The summed E-state index contributed by atoms with van der Waals surface area (Å²) in [6.07, 6.45) is 0. The summed E-state index contributed by atoms with van der Waals surface area (Å²) in [5.41, 5.74) is 0. The summed E-state index contributed by atoms with van der Waals surface area (Å²) in [6, 6.07) is 6.11. The van der Waals surface area contributed by atoms with Crippen molar-refractivity contribution < 1.29 is 18.5 Å². The zero-order chi connectivity index (χ0) is 12.3. The third-order valence-corrected chi connectivity index (χ3v) is 3.10. The highest BCUT2D eigenvalue weighted by Crippen LogP contribution is 2.14. The van der Waals surface area contributed by atoms with Gasteiger partial charge in [-0.1, -0.05) is 18.2 Å². The van der Waals surface area contributed by atoms with Crippen LogP contribution in [0.1, 0.15) is 0 Å². The molecule has 0 heterocycles. The van der Waals surface area contributed by atoms with Gasteiger partial charge in [-0.05, 0) is 12.1 Å². The summed E-state index contributed by atoms with van der Waals surface area (Å²) < 4.78 is 21.9. The normalized spacial score (nSPS) is 10.8. The smallest absolute Gasteiger partial charge is 0.229 e. The van der Waals surface area contributed by atoms with E-state index in [1.807, 2.05) is 0 Å². The van der Waals surface area contributed by atoms with Crippen LogP contribution >= 0.6 is 0 Å². The second-order valence-electron chi connectivity index (χ2n) is 2.52. The molecule has 0 fully saturated rings. The van der Waals surface area contributed by atoms with E-state index in [0.29, 0.717) is 0 Å². The van der Waals surface area contributed by atoms with E-state index in [-0.39, 0.29) is 0 Å². The molecule has 0 radical (unpaired) electrons. The molecule has 0 saturated carbocycles. The largest absolute Gasteiger partial charge is 0.380 e. The molecule has 0 amide bonds. The number of rotatable bonds is 4. The highest BCUT2D eigenvalue weighted by Gasteiger charge is 2.44. The van der Waals surface area contributed by atoms with Crippen LogP contribution in [0, 0.1) is 20.2 Å². The van der Waals surface area contributed by atoms with Crippen LogP contribution < -0.4 is 0 Å². The number of hydrazine groups is 2. The summed E-state index contributed by atoms with van der Waals surface area (Å²) in [6.45, 7) is 0. The predicted octanol–water partition coefficient (Wildman–Crippen LogP) is 0.0607. The quantitative estimate of drug-likeness (QED) is 0.547. The molecular formula is C6H5N3O6S. The Hall–Kier alpha value is -2.23. The molecule has 9 nitrogen and oxygen atoms in total. The Labute approximate surface area is 89.2 Å². The predicted molar refractivity (Wildman–Crippen MR) is 49.5 cm³/mol. The Bertz CT molecular complexity index is 498. The minimum absolute atomic E-state index is 0.525. The van der Waals surface area contributed by atoms with Gasteiger partial charge in [-0.2, -0.15) is 8.42 Å². The lowest BCUT2D eigenvalue weighted by molar-refractivity contribution is -0.870. The minimum atomic E-state index is -4.76. The van der Waals surface area contributed by atoms with Crippen LogP contribution in [-0.4, -0.2) is 23.0 Å². The fourth-order valence-electron chi connectivity index (χ4n) is 0.922. The van der Waals surface area contributed by atoms with Gasteiger partial charge >= 0.3 is 10.0 Å². The summed E-state index contributed by atoms with van der Waals surface area (Å²) >= 11 is 0. The first-order valence-corrected chi connectivity index (χ1v) is 5.20. The second-order valence-corrected chi connectivity index (χ2v) is 4.26. The van der Waals surface area contributed by atoms with Crippen molar-refractivity contribution in [3.05, 3.63) is 50.6 Å². The number of benzene rings is 1. The van der Waals surface area contributed by atoms with Gasteiger partial charge in [0, 0.05) is 0 Å². The van der Waals surface area contributed by atoms with Gasteiger partial charge in [0.25, 0.3) is 4.52 Å². The van der Waals surface area contributed by atoms with E-state index in [0.717, 1.165) is 12.1 Å². The summed E-state index contributed by atoms with van der Waals surface area (Å²) in [7, 11) is -4.76. The van der Waals surface area contributed by atoms with E-state index >= 15 is 0 Å². The molecule has 0 N–H and O–H groups in total. The van der Waals surface area contributed by atoms with Crippen molar-refractivity contribution in [3.8, 4) is 0 Å². The Balaban J connectivity index is 3.31. The van der Waals surface area contributed by atoms with Crippen LogP contribution in [-0.2, 0) is 10.0 Å². The van der Waals surface area contributed by atoms with Crippen molar-refractivity contribution in [2.75, 3.05) is 0 Å². The summed E-state index contributed by atoms with van der Waals surface area (Å²) in [5.74, 6) is 0. The Kier molecular flexibility index (Phi) is 3.04. The highest BCUT2D eigenvalue weighted by molar-refractivity contribution is 7.88. The average molecular weight is 247 g/mol. The average Bonchev–Trinajstić information content (AvgIpc) is 2.17. The van der Waals surface area contributed by atoms with Crippen LogP contribution in [0.5, 0.6) is 0 Å². The molecule has 0 bridgehead atoms. The molecule has 0 spiro atoms. The number of sulfonamides is 1. The van der Waals surface area contributed by atoms with E-state index in [2.05, 4.69) is 0 Å². The zero-order valence-electron chi connectivity index (χ0n) is 7.59. The fraction of sp³-hybridized carbons (Fsp3) is 0. The van der Waals surface area contributed by atoms with Gasteiger partial charge in [-0.3, -0.25) is 0 Å². The van der Waals surface area contributed by atoms with Gasteiger partial charge in [0.05, 0.1) is 4.90 Å². The van der Waals surface area contributed by atoms with Crippen molar-refractivity contribution in [1.29, 1.82) is 0 Å². The van der Waals surface area contributed by atoms with Crippen molar-refractivity contribution >= 4 is 10.0 Å². The Morgan fingerprint density at radius 1 is 1.00 bits per heavy atom. The first-order valence-electron chi connectivity index (χ1n) is 3.76. The SMILES string of the molecule is O=[N+]([O-])N([N+](=O)[O-])S(=O)(=O)c1ccccc1. The van der Waals surface area contributed by atoms with Crippen molar-refractivity contribution in [2.45, 2.75) is 4.90 Å². The first kappa shape index (κ1) is 11.8. The number of hydrogen-bond donors (Lipinski definition) is 0. The minimum Gasteiger partial charge on any atom is -0.229 e. The van der Waals surface area contributed by atoms with Gasteiger partial charge in [0.1, 0.15) is 0 Å². The van der Waals surface area contributed by atoms with Crippen LogP contribution in [0.25, 0.3) is 0 Å². The zero-order valence-corrected chi connectivity index (χ0v) is 8.40. The van der Waals surface area contributed by atoms with E-state index in [1.54, 1.807) is 0 Å². The molecule has 0 aliphatic heterocycles. The maximum atomic E-state index is 11.5.